The van der Waals surface area contributed by atoms with E-state index in [0.717, 1.165) is 0 Å². The van der Waals surface area contributed by atoms with Gasteiger partial charge in [-0.15, -0.1) is 0 Å². The van der Waals surface area contributed by atoms with Crippen molar-refractivity contribution in [1.29, 1.82) is 0 Å². The number of amides is 1. The molecule has 7 nitrogen and oxygen atoms in total. The Hall–Kier alpha value is -2.05. The molecule has 0 radical (unpaired) electrons. The second-order valence-electron chi connectivity index (χ2n) is 2.43. The summed E-state index contributed by atoms with van der Waals surface area (Å²) in [7, 11) is 0. The van der Waals surface area contributed by atoms with Gasteiger partial charge in [0, 0.05) is 0 Å². The van der Waals surface area contributed by atoms with Gasteiger partial charge < -0.3 is 21.5 Å². The highest BCUT2D eigenvalue weighted by Gasteiger charge is 1.95. The smallest absolute Gasteiger partial charge is 0.404 e. The molecule has 0 saturated carbocycles. The number of aromatic nitrogens is 2. The zero-order valence-electron chi connectivity index (χ0n) is 7.43. The van der Waals surface area contributed by atoms with Crippen molar-refractivity contribution >= 4 is 17.7 Å². The van der Waals surface area contributed by atoms with E-state index in [2.05, 4.69) is 20.0 Å². The molecule has 1 heterocycles. The molecule has 7 heteroatoms. The van der Waals surface area contributed by atoms with Crippen molar-refractivity contribution in [3.63, 3.8) is 0 Å². The summed E-state index contributed by atoms with van der Waals surface area (Å²) in [6, 6.07) is 0. The summed E-state index contributed by atoms with van der Waals surface area (Å²) in [5.41, 5.74) is 10.6. The average Bonchev–Trinajstić information content (AvgIpc) is 2.15. The average molecular weight is 197 g/mol. The van der Waals surface area contributed by atoms with E-state index >= 15 is 0 Å². The van der Waals surface area contributed by atoms with E-state index in [9.17, 15) is 4.79 Å². The van der Waals surface area contributed by atoms with Crippen LogP contribution in [-0.2, 0) is 4.74 Å². The number of nitrogens with two attached hydrogens (primary N) is 2. The molecule has 0 aliphatic carbocycles. The molecular weight excluding hydrogens is 186 g/mol. The maximum absolute atomic E-state index is 10.2. The second-order valence-corrected chi connectivity index (χ2v) is 2.43. The Morgan fingerprint density at radius 1 is 1.50 bits per heavy atom. The first kappa shape index (κ1) is 10.0. The van der Waals surface area contributed by atoms with Crippen LogP contribution < -0.4 is 16.8 Å². The minimum atomic E-state index is -0.801. The minimum absolute atomic E-state index is 0.170. The van der Waals surface area contributed by atoms with Gasteiger partial charge in [-0.25, -0.2) is 14.8 Å². The number of primary amides is 1. The number of nitrogens with zero attached hydrogens (tertiary/aromatic N) is 2. The van der Waals surface area contributed by atoms with Gasteiger partial charge in [0.2, 0.25) is 5.95 Å². The van der Waals surface area contributed by atoms with Crippen molar-refractivity contribution in [2.24, 2.45) is 5.73 Å². The maximum atomic E-state index is 10.2. The SMILES string of the molecule is NC(=O)OCCNc1ncc(N)cn1. The Labute approximate surface area is 80.5 Å². The van der Waals surface area contributed by atoms with Crippen LogP contribution in [0.5, 0.6) is 0 Å². The van der Waals surface area contributed by atoms with Crippen LogP contribution in [0.4, 0.5) is 16.4 Å². The fraction of sp³-hybridized carbons (Fsp3) is 0.286. The first-order valence-corrected chi connectivity index (χ1v) is 3.92. The van der Waals surface area contributed by atoms with E-state index in [1.54, 1.807) is 0 Å². The van der Waals surface area contributed by atoms with E-state index in [4.69, 9.17) is 11.5 Å². The predicted molar refractivity (Wildman–Crippen MR) is 50.5 cm³/mol. The molecule has 0 aliphatic heterocycles. The molecule has 0 aliphatic rings. The van der Waals surface area contributed by atoms with Gasteiger partial charge in [-0.1, -0.05) is 0 Å². The molecule has 0 saturated heterocycles. The van der Waals surface area contributed by atoms with Crippen LogP contribution in [0.2, 0.25) is 0 Å². The summed E-state index contributed by atoms with van der Waals surface area (Å²) in [5, 5.41) is 2.82. The monoisotopic (exact) mass is 197 g/mol. The number of carbonyl (C=O) groups is 1. The molecule has 0 atom stereocenters. The molecule has 1 aromatic heterocycles. The van der Waals surface area contributed by atoms with Crippen molar-refractivity contribution in [2.45, 2.75) is 0 Å². The fourth-order valence-corrected chi connectivity index (χ4v) is 0.744. The van der Waals surface area contributed by atoms with Crippen LogP contribution in [-0.4, -0.2) is 29.2 Å². The molecule has 14 heavy (non-hydrogen) atoms. The number of carbonyl (C=O) groups excluding carboxylic acids is 1. The van der Waals surface area contributed by atoms with E-state index in [-0.39, 0.29) is 6.61 Å². The first-order valence-electron chi connectivity index (χ1n) is 3.92. The Morgan fingerprint density at radius 3 is 2.71 bits per heavy atom. The van der Waals surface area contributed by atoms with Gasteiger partial charge in [0.05, 0.1) is 24.6 Å². The molecule has 76 valence electrons. The van der Waals surface area contributed by atoms with E-state index < -0.39 is 6.09 Å². The number of nitrogen functional groups attached to an aromatic ring is 1. The third-order valence-electron chi connectivity index (χ3n) is 1.30. The zero-order valence-corrected chi connectivity index (χ0v) is 7.43. The summed E-state index contributed by atoms with van der Waals surface area (Å²) < 4.78 is 4.48. The predicted octanol–water partition coefficient (Wildman–Crippen LogP) is -0.434. The highest BCUT2D eigenvalue weighted by atomic mass is 16.5. The van der Waals surface area contributed by atoms with Gasteiger partial charge in [0.25, 0.3) is 0 Å². The van der Waals surface area contributed by atoms with Crippen molar-refractivity contribution in [3.8, 4) is 0 Å². The van der Waals surface area contributed by atoms with E-state index in [0.29, 0.717) is 18.2 Å². The van der Waals surface area contributed by atoms with Crippen molar-refractivity contribution in [2.75, 3.05) is 24.2 Å². The molecule has 0 bridgehead atoms. The van der Waals surface area contributed by atoms with Crippen LogP contribution in [0.3, 0.4) is 0 Å². The summed E-state index contributed by atoms with van der Waals surface area (Å²) in [6.07, 6.45) is 2.15. The molecule has 1 rings (SSSR count). The molecule has 0 aromatic carbocycles. The topological polar surface area (TPSA) is 116 Å². The number of hydrogen-bond donors (Lipinski definition) is 3. The molecule has 0 unspecified atom stereocenters. The molecular formula is C7H11N5O2. The minimum Gasteiger partial charge on any atom is -0.448 e. The molecule has 0 fully saturated rings. The Kier molecular flexibility index (Phi) is 3.48. The van der Waals surface area contributed by atoms with Gasteiger partial charge in [-0.2, -0.15) is 0 Å². The normalized spacial score (nSPS) is 9.43. The maximum Gasteiger partial charge on any atom is 0.404 e. The number of hydrogen-bond acceptors (Lipinski definition) is 6. The van der Waals surface area contributed by atoms with E-state index in [1.807, 2.05) is 0 Å². The number of nitrogens with one attached hydrogen (secondary N) is 1. The standard InChI is InChI=1S/C7H11N5O2/c8-5-3-11-7(12-4-5)10-1-2-14-6(9)13/h3-4H,1-2,8H2,(H2,9,13)(H,10,11,12). The fourth-order valence-electron chi connectivity index (χ4n) is 0.744. The van der Waals surface area contributed by atoms with Crippen LogP contribution >= 0.6 is 0 Å². The lowest BCUT2D eigenvalue weighted by atomic mass is 10.5. The highest BCUT2D eigenvalue weighted by Crippen LogP contribution is 1.99. The van der Waals surface area contributed by atoms with Gasteiger partial charge >= 0.3 is 6.09 Å². The highest BCUT2D eigenvalue weighted by molar-refractivity contribution is 5.64. The van der Waals surface area contributed by atoms with Crippen LogP contribution in [0.25, 0.3) is 0 Å². The Morgan fingerprint density at radius 2 is 2.14 bits per heavy atom. The van der Waals surface area contributed by atoms with Gasteiger partial charge in [0.15, 0.2) is 0 Å². The van der Waals surface area contributed by atoms with Crippen molar-refractivity contribution < 1.29 is 9.53 Å². The molecule has 1 aromatic rings. The Balaban J connectivity index is 2.25. The number of ether oxygens (including phenoxy) is 1. The second kappa shape index (κ2) is 4.85. The summed E-state index contributed by atoms with van der Waals surface area (Å²) in [5.74, 6) is 0.423. The molecule has 0 spiro atoms. The van der Waals surface area contributed by atoms with Gasteiger partial charge in [0.1, 0.15) is 6.61 Å². The van der Waals surface area contributed by atoms with Gasteiger partial charge in [-0.3, -0.25) is 0 Å². The van der Waals surface area contributed by atoms with Crippen LogP contribution in [0, 0.1) is 0 Å². The summed E-state index contributed by atoms with van der Waals surface area (Å²) in [4.78, 5) is 17.9. The molecule has 1 amide bonds. The lowest BCUT2D eigenvalue weighted by Gasteiger charge is -2.03. The third kappa shape index (κ3) is 3.57. The van der Waals surface area contributed by atoms with Crippen LogP contribution in [0.15, 0.2) is 12.4 Å². The third-order valence-corrected chi connectivity index (χ3v) is 1.30. The summed E-state index contributed by atoms with van der Waals surface area (Å²) in [6.45, 7) is 0.565. The zero-order chi connectivity index (χ0) is 10.4. The Bertz CT molecular complexity index is 299. The van der Waals surface area contributed by atoms with Gasteiger partial charge in [-0.05, 0) is 0 Å². The number of anilines is 2. The van der Waals surface area contributed by atoms with Crippen molar-refractivity contribution in [1.82, 2.24) is 9.97 Å². The lowest BCUT2D eigenvalue weighted by molar-refractivity contribution is 0.161. The quantitative estimate of drug-likeness (QED) is 0.564. The molecule has 5 N–H and O–H groups in total. The largest absolute Gasteiger partial charge is 0.448 e. The number of rotatable bonds is 4. The first-order chi connectivity index (χ1) is 6.68. The van der Waals surface area contributed by atoms with Crippen LogP contribution in [0.1, 0.15) is 0 Å². The van der Waals surface area contributed by atoms with E-state index in [1.165, 1.54) is 12.4 Å². The lowest BCUT2D eigenvalue weighted by Crippen LogP contribution is -2.19. The summed E-state index contributed by atoms with van der Waals surface area (Å²) >= 11 is 0. The van der Waals surface area contributed by atoms with Crippen molar-refractivity contribution in [3.05, 3.63) is 12.4 Å².